The molecule has 1 aromatic rings. The minimum atomic E-state index is 0.303. The third-order valence-electron chi connectivity index (χ3n) is 4.61. The number of unbranched alkanes of at least 4 members (excludes halogenated alkanes) is 8. The molecule has 120 valence electrons. The number of rotatable bonds is 12. The molecule has 2 atom stereocenters. The third kappa shape index (κ3) is 8.26. The van der Waals surface area contributed by atoms with Gasteiger partial charge in [0.15, 0.2) is 0 Å². The lowest BCUT2D eigenvalue weighted by Gasteiger charge is -2.20. The highest BCUT2D eigenvalue weighted by Gasteiger charge is 2.13. The summed E-state index contributed by atoms with van der Waals surface area (Å²) < 4.78 is 0. The SMILES string of the molecule is CCCCCCCCCCCC(N)C(C)c1ccccc1. The second-order valence-electron chi connectivity index (χ2n) is 6.48. The highest BCUT2D eigenvalue weighted by molar-refractivity contribution is 5.20. The number of hydrogen-bond acceptors (Lipinski definition) is 1. The van der Waals surface area contributed by atoms with Crippen molar-refractivity contribution in [1.82, 2.24) is 0 Å². The Bertz CT molecular complexity index is 333. The first-order valence-corrected chi connectivity index (χ1v) is 9.06. The fourth-order valence-corrected chi connectivity index (χ4v) is 2.94. The topological polar surface area (TPSA) is 26.0 Å². The molecule has 0 aliphatic carbocycles. The van der Waals surface area contributed by atoms with Gasteiger partial charge in [0.05, 0.1) is 0 Å². The smallest absolute Gasteiger partial charge is 0.0105 e. The summed E-state index contributed by atoms with van der Waals surface area (Å²) in [6.07, 6.45) is 13.6. The molecule has 2 N–H and O–H groups in total. The Kier molecular flexibility index (Phi) is 10.2. The van der Waals surface area contributed by atoms with Crippen molar-refractivity contribution < 1.29 is 0 Å². The number of nitrogens with two attached hydrogens (primary N) is 1. The minimum Gasteiger partial charge on any atom is -0.327 e. The predicted molar refractivity (Wildman–Crippen MR) is 94.7 cm³/mol. The zero-order valence-electron chi connectivity index (χ0n) is 14.2. The molecule has 1 rings (SSSR count). The van der Waals surface area contributed by atoms with Gasteiger partial charge in [-0.05, 0) is 17.9 Å². The quantitative estimate of drug-likeness (QED) is 0.466. The van der Waals surface area contributed by atoms with Crippen LogP contribution in [-0.2, 0) is 0 Å². The van der Waals surface area contributed by atoms with Crippen LogP contribution in [0.4, 0.5) is 0 Å². The van der Waals surface area contributed by atoms with Crippen LogP contribution in [0.25, 0.3) is 0 Å². The van der Waals surface area contributed by atoms with Gasteiger partial charge in [0.25, 0.3) is 0 Å². The van der Waals surface area contributed by atoms with Gasteiger partial charge in [-0.15, -0.1) is 0 Å². The molecule has 0 saturated heterocycles. The molecule has 0 spiro atoms. The van der Waals surface area contributed by atoms with Crippen LogP contribution in [0.15, 0.2) is 30.3 Å². The molecule has 1 nitrogen and oxygen atoms in total. The van der Waals surface area contributed by atoms with Crippen LogP contribution >= 0.6 is 0 Å². The normalized spacial score (nSPS) is 14.0. The summed E-state index contributed by atoms with van der Waals surface area (Å²) in [5.74, 6) is 0.472. The molecule has 21 heavy (non-hydrogen) atoms. The molecular formula is C20H35N. The van der Waals surface area contributed by atoms with Crippen LogP contribution in [0.5, 0.6) is 0 Å². The first-order chi connectivity index (χ1) is 10.3. The van der Waals surface area contributed by atoms with Gasteiger partial charge >= 0.3 is 0 Å². The fraction of sp³-hybridized carbons (Fsp3) is 0.700. The first kappa shape index (κ1) is 18.2. The molecule has 2 unspecified atom stereocenters. The Hall–Kier alpha value is -0.820. The fourth-order valence-electron chi connectivity index (χ4n) is 2.94. The van der Waals surface area contributed by atoms with Crippen LogP contribution in [-0.4, -0.2) is 6.04 Å². The van der Waals surface area contributed by atoms with Gasteiger partial charge in [0.1, 0.15) is 0 Å². The summed E-state index contributed by atoms with van der Waals surface area (Å²) in [5, 5.41) is 0. The predicted octanol–water partition coefficient (Wildman–Crippen LogP) is 6.04. The van der Waals surface area contributed by atoms with E-state index in [1.54, 1.807) is 0 Å². The lowest BCUT2D eigenvalue weighted by molar-refractivity contribution is 0.484. The molecular weight excluding hydrogens is 254 g/mol. The van der Waals surface area contributed by atoms with Crippen LogP contribution in [0.2, 0.25) is 0 Å². The molecule has 0 aliphatic heterocycles. The second-order valence-corrected chi connectivity index (χ2v) is 6.48. The van der Waals surface area contributed by atoms with E-state index in [-0.39, 0.29) is 0 Å². The Balaban J connectivity index is 2.02. The van der Waals surface area contributed by atoms with E-state index in [0.717, 1.165) is 6.42 Å². The molecule has 0 heterocycles. The maximum atomic E-state index is 6.34. The maximum absolute atomic E-state index is 6.34. The third-order valence-corrected chi connectivity index (χ3v) is 4.61. The van der Waals surface area contributed by atoms with E-state index < -0.39 is 0 Å². The van der Waals surface area contributed by atoms with Gasteiger partial charge in [0.2, 0.25) is 0 Å². The highest BCUT2D eigenvalue weighted by Crippen LogP contribution is 2.21. The zero-order valence-corrected chi connectivity index (χ0v) is 14.2. The maximum Gasteiger partial charge on any atom is 0.0105 e. The van der Waals surface area contributed by atoms with Crippen LogP contribution in [0.3, 0.4) is 0 Å². The van der Waals surface area contributed by atoms with Crippen molar-refractivity contribution >= 4 is 0 Å². The molecule has 0 amide bonds. The van der Waals surface area contributed by atoms with Gasteiger partial charge in [-0.3, -0.25) is 0 Å². The van der Waals surface area contributed by atoms with E-state index in [2.05, 4.69) is 44.2 Å². The Morgan fingerprint density at radius 1 is 0.810 bits per heavy atom. The Morgan fingerprint density at radius 3 is 1.90 bits per heavy atom. The average Bonchev–Trinajstić information content (AvgIpc) is 2.53. The van der Waals surface area contributed by atoms with Crippen molar-refractivity contribution in [1.29, 1.82) is 0 Å². The molecule has 0 bridgehead atoms. The minimum absolute atomic E-state index is 0.303. The zero-order chi connectivity index (χ0) is 15.3. The Labute approximate surface area is 132 Å². The van der Waals surface area contributed by atoms with Gasteiger partial charge in [-0.25, -0.2) is 0 Å². The lowest BCUT2D eigenvalue weighted by atomic mass is 9.90. The molecule has 0 radical (unpaired) electrons. The van der Waals surface area contributed by atoms with Crippen molar-refractivity contribution in [3.63, 3.8) is 0 Å². The molecule has 0 fully saturated rings. The summed E-state index contributed by atoms with van der Waals surface area (Å²) in [6, 6.07) is 11.0. The molecule has 0 aliphatic rings. The van der Waals surface area contributed by atoms with Gasteiger partial charge in [0, 0.05) is 6.04 Å². The largest absolute Gasteiger partial charge is 0.327 e. The van der Waals surface area contributed by atoms with Gasteiger partial charge < -0.3 is 5.73 Å². The van der Waals surface area contributed by atoms with E-state index >= 15 is 0 Å². The summed E-state index contributed by atoms with van der Waals surface area (Å²) in [5.41, 5.74) is 7.72. The van der Waals surface area contributed by atoms with Crippen LogP contribution in [0, 0.1) is 0 Å². The van der Waals surface area contributed by atoms with Crippen molar-refractivity contribution in [3.05, 3.63) is 35.9 Å². The van der Waals surface area contributed by atoms with Crippen molar-refractivity contribution in [2.75, 3.05) is 0 Å². The highest BCUT2D eigenvalue weighted by atomic mass is 14.6. The Morgan fingerprint density at radius 2 is 1.33 bits per heavy atom. The standard InChI is InChI=1S/C20H35N/c1-3-4-5-6-7-8-9-10-14-17-20(21)18(2)19-15-12-11-13-16-19/h11-13,15-16,18,20H,3-10,14,17,21H2,1-2H3. The summed E-state index contributed by atoms with van der Waals surface area (Å²) in [4.78, 5) is 0. The number of benzene rings is 1. The summed E-state index contributed by atoms with van der Waals surface area (Å²) in [6.45, 7) is 4.54. The molecule has 0 saturated carbocycles. The first-order valence-electron chi connectivity index (χ1n) is 9.06. The van der Waals surface area contributed by atoms with E-state index in [9.17, 15) is 0 Å². The van der Waals surface area contributed by atoms with E-state index in [0.29, 0.717) is 12.0 Å². The van der Waals surface area contributed by atoms with E-state index in [4.69, 9.17) is 5.73 Å². The van der Waals surface area contributed by atoms with Crippen LogP contribution in [0.1, 0.15) is 89.5 Å². The lowest BCUT2D eigenvalue weighted by Crippen LogP contribution is -2.26. The number of hydrogen-bond donors (Lipinski definition) is 1. The van der Waals surface area contributed by atoms with Crippen molar-refractivity contribution in [3.8, 4) is 0 Å². The molecule has 1 heteroatoms. The molecule has 1 aromatic carbocycles. The van der Waals surface area contributed by atoms with Crippen LogP contribution < -0.4 is 5.73 Å². The van der Waals surface area contributed by atoms with Crippen molar-refractivity contribution in [2.45, 2.75) is 90.0 Å². The van der Waals surface area contributed by atoms with E-state index in [1.807, 2.05) is 0 Å². The summed E-state index contributed by atoms with van der Waals surface area (Å²) >= 11 is 0. The van der Waals surface area contributed by atoms with E-state index in [1.165, 1.54) is 63.4 Å². The summed E-state index contributed by atoms with van der Waals surface area (Å²) in [7, 11) is 0. The van der Waals surface area contributed by atoms with Gasteiger partial charge in [-0.2, -0.15) is 0 Å². The van der Waals surface area contributed by atoms with Crippen molar-refractivity contribution in [2.24, 2.45) is 5.73 Å². The monoisotopic (exact) mass is 289 g/mol. The average molecular weight is 290 g/mol. The second kappa shape index (κ2) is 11.8. The van der Waals surface area contributed by atoms with Gasteiger partial charge in [-0.1, -0.05) is 102 Å². The molecule has 0 aromatic heterocycles.